The Morgan fingerprint density at radius 3 is 2.17 bits per heavy atom. The van der Waals surface area contributed by atoms with Crippen LogP contribution in [0.5, 0.6) is 0 Å². The van der Waals surface area contributed by atoms with Crippen LogP contribution in [0.3, 0.4) is 0 Å². The van der Waals surface area contributed by atoms with E-state index in [1.807, 2.05) is 0 Å². The summed E-state index contributed by atoms with van der Waals surface area (Å²) in [5, 5.41) is 30.3. The maximum absolute atomic E-state index is 12.0. The predicted molar refractivity (Wildman–Crippen MR) is 77.0 cm³/mol. The van der Waals surface area contributed by atoms with Crippen molar-refractivity contribution in [1.82, 2.24) is 14.6 Å². The molecule has 2 rings (SSSR count). The number of nitrogens with one attached hydrogen (secondary N) is 1. The molecule has 126 valence electrons. The molecule has 1 heterocycles. The third kappa shape index (κ3) is 3.24. The molecular weight excluding hydrogens is 324 g/mol. The molecule has 0 amide bonds. The average molecular weight is 336 g/mol. The highest BCUT2D eigenvalue weighted by Gasteiger charge is 2.23. The van der Waals surface area contributed by atoms with Crippen LogP contribution in [0.4, 0.5) is 0 Å². The lowest BCUT2D eigenvalue weighted by Gasteiger charge is -2.02. The van der Waals surface area contributed by atoms with Gasteiger partial charge in [-0.25, -0.2) is 9.36 Å². The zero-order chi connectivity index (χ0) is 17.9. The lowest BCUT2D eigenvalue weighted by molar-refractivity contribution is -0.138. The third-order valence-electron chi connectivity index (χ3n) is 2.94. The van der Waals surface area contributed by atoms with Gasteiger partial charge in [0.15, 0.2) is 0 Å². The average Bonchev–Trinajstić information content (AvgIpc) is 2.80. The minimum atomic E-state index is -1.77. The summed E-state index contributed by atoms with van der Waals surface area (Å²) in [5.41, 5.74) is 2.20. The second-order valence-corrected chi connectivity index (χ2v) is 4.55. The van der Waals surface area contributed by atoms with Gasteiger partial charge in [-0.3, -0.25) is 24.4 Å². The molecular formula is C13H12N4O7. The molecule has 0 aliphatic carbocycles. The second kappa shape index (κ2) is 6.64. The molecule has 0 aliphatic heterocycles. The number of hydrogen-bond acceptors (Lipinski definition) is 6. The van der Waals surface area contributed by atoms with Gasteiger partial charge in [0.25, 0.3) is 0 Å². The van der Waals surface area contributed by atoms with Crippen molar-refractivity contribution in [2.24, 2.45) is 5.10 Å². The Morgan fingerprint density at radius 1 is 1.00 bits per heavy atom. The molecule has 24 heavy (non-hydrogen) atoms. The van der Waals surface area contributed by atoms with Crippen molar-refractivity contribution in [2.45, 2.75) is 6.54 Å². The molecule has 1 aromatic carbocycles. The van der Waals surface area contributed by atoms with Gasteiger partial charge in [-0.2, -0.15) is 0 Å². The molecule has 4 N–H and O–H groups in total. The first-order valence-corrected chi connectivity index (χ1v) is 6.51. The molecule has 0 bridgehead atoms. The fourth-order valence-corrected chi connectivity index (χ4v) is 2.09. The normalized spacial score (nSPS) is 11.4. The predicted octanol–water partition coefficient (Wildman–Crippen LogP) is -1.26. The van der Waals surface area contributed by atoms with Gasteiger partial charge in [-0.05, 0) is 12.1 Å². The SMILES string of the molecule is O=C(O)CN/N=c1\n(CC(=O)O)c2ccccc2n1C(=O)C(=O)O. The lowest BCUT2D eigenvalue weighted by Crippen LogP contribution is -2.37. The zero-order valence-electron chi connectivity index (χ0n) is 12.0. The molecule has 11 nitrogen and oxygen atoms in total. The van der Waals surface area contributed by atoms with Gasteiger partial charge in [0.2, 0.25) is 5.62 Å². The van der Waals surface area contributed by atoms with E-state index >= 15 is 0 Å². The van der Waals surface area contributed by atoms with Crippen molar-refractivity contribution >= 4 is 34.8 Å². The van der Waals surface area contributed by atoms with Gasteiger partial charge in [0.05, 0.1) is 11.0 Å². The highest BCUT2D eigenvalue weighted by atomic mass is 16.4. The Kier molecular flexibility index (Phi) is 4.63. The van der Waals surface area contributed by atoms with Crippen LogP contribution in [0.2, 0.25) is 0 Å². The summed E-state index contributed by atoms with van der Waals surface area (Å²) in [4.78, 5) is 44.7. The minimum absolute atomic E-state index is 0.127. The molecule has 0 unspecified atom stereocenters. The van der Waals surface area contributed by atoms with E-state index in [1.54, 1.807) is 6.07 Å². The molecule has 0 fully saturated rings. The van der Waals surface area contributed by atoms with E-state index in [-0.39, 0.29) is 16.7 Å². The number of aromatic nitrogens is 2. The van der Waals surface area contributed by atoms with Gasteiger partial charge in [-0.1, -0.05) is 12.1 Å². The summed E-state index contributed by atoms with van der Waals surface area (Å²) >= 11 is 0. The Balaban J connectivity index is 2.79. The van der Waals surface area contributed by atoms with E-state index in [2.05, 4.69) is 10.5 Å². The molecule has 1 aromatic heterocycles. The Morgan fingerprint density at radius 2 is 1.62 bits per heavy atom. The topological polar surface area (TPSA) is 163 Å². The van der Waals surface area contributed by atoms with Crippen LogP contribution in [0.25, 0.3) is 11.0 Å². The monoisotopic (exact) mass is 336 g/mol. The van der Waals surface area contributed by atoms with Crippen molar-refractivity contribution < 1.29 is 34.5 Å². The summed E-state index contributed by atoms with van der Waals surface area (Å²) in [6, 6.07) is 6.02. The molecule has 0 radical (unpaired) electrons. The standard InChI is InChI=1S/C13H12N4O7/c18-9(19)5-14-15-13-16(6-10(20)21)7-3-1-2-4-8(7)17(13)11(22)12(23)24/h1-4,14H,5-6H2,(H,18,19)(H,20,21)(H,23,24)/b15-13+. The van der Waals surface area contributed by atoms with Crippen molar-refractivity contribution in [1.29, 1.82) is 0 Å². The number of imidazole rings is 1. The van der Waals surface area contributed by atoms with Crippen molar-refractivity contribution in [3.8, 4) is 0 Å². The fourth-order valence-electron chi connectivity index (χ4n) is 2.09. The molecule has 0 atom stereocenters. The number of carboxylic acid groups (broad SMARTS) is 3. The van der Waals surface area contributed by atoms with Crippen molar-refractivity contribution in [3.63, 3.8) is 0 Å². The van der Waals surface area contributed by atoms with Gasteiger partial charge < -0.3 is 15.3 Å². The molecule has 0 saturated heterocycles. The van der Waals surface area contributed by atoms with E-state index in [9.17, 15) is 19.2 Å². The molecule has 11 heteroatoms. The highest BCUT2D eigenvalue weighted by Crippen LogP contribution is 2.12. The van der Waals surface area contributed by atoms with Crippen LogP contribution in [-0.2, 0) is 20.9 Å². The van der Waals surface area contributed by atoms with Crippen molar-refractivity contribution in [2.75, 3.05) is 6.54 Å². The van der Waals surface area contributed by atoms with E-state index in [0.29, 0.717) is 4.57 Å². The van der Waals surface area contributed by atoms with E-state index in [0.717, 1.165) is 4.57 Å². The quantitative estimate of drug-likeness (QED) is 0.388. The zero-order valence-corrected chi connectivity index (χ0v) is 12.0. The number of aliphatic carboxylic acids is 3. The summed E-state index contributed by atoms with van der Waals surface area (Å²) in [7, 11) is 0. The largest absolute Gasteiger partial charge is 0.480 e. The minimum Gasteiger partial charge on any atom is -0.480 e. The van der Waals surface area contributed by atoms with E-state index in [1.165, 1.54) is 18.2 Å². The number of rotatable bonds is 5. The number of carbonyl (C=O) groups excluding carboxylic acids is 1. The Labute approximate surface area is 133 Å². The smallest absolute Gasteiger partial charge is 0.395 e. The van der Waals surface area contributed by atoms with Gasteiger partial charge in [-0.15, -0.1) is 5.10 Å². The number of nitrogens with zero attached hydrogens (tertiary/aromatic N) is 3. The Hall–Kier alpha value is -3.63. The number of carboxylic acids is 3. The molecule has 0 spiro atoms. The number of para-hydroxylation sites is 2. The van der Waals surface area contributed by atoms with E-state index < -0.39 is 36.9 Å². The second-order valence-electron chi connectivity index (χ2n) is 4.55. The molecule has 0 saturated carbocycles. The first-order valence-electron chi connectivity index (χ1n) is 6.51. The van der Waals surface area contributed by atoms with Crippen LogP contribution >= 0.6 is 0 Å². The molecule has 2 aromatic rings. The number of benzene rings is 1. The van der Waals surface area contributed by atoms with Crippen LogP contribution < -0.4 is 11.0 Å². The lowest BCUT2D eigenvalue weighted by atomic mass is 10.3. The number of fused-ring (bicyclic) bond motifs is 1. The maximum Gasteiger partial charge on any atom is 0.395 e. The summed E-state index contributed by atoms with van der Waals surface area (Å²) < 4.78 is 1.79. The first-order chi connectivity index (χ1) is 11.3. The highest BCUT2D eigenvalue weighted by molar-refractivity contribution is 6.33. The summed E-state index contributed by atoms with van der Waals surface area (Å²) in [5.74, 6) is -5.62. The van der Waals surface area contributed by atoms with Crippen LogP contribution in [-0.4, -0.2) is 54.8 Å². The van der Waals surface area contributed by atoms with Gasteiger partial charge in [0, 0.05) is 0 Å². The fraction of sp³-hybridized carbons (Fsp3) is 0.154. The summed E-state index contributed by atoms with van der Waals surface area (Å²) in [6.45, 7) is -1.20. The van der Waals surface area contributed by atoms with Gasteiger partial charge >= 0.3 is 23.8 Å². The number of hydrogen-bond donors (Lipinski definition) is 4. The molecule has 0 aliphatic rings. The summed E-state index contributed by atoms with van der Waals surface area (Å²) in [6.07, 6.45) is 0. The third-order valence-corrected chi connectivity index (χ3v) is 2.94. The van der Waals surface area contributed by atoms with E-state index in [4.69, 9.17) is 15.3 Å². The van der Waals surface area contributed by atoms with Crippen LogP contribution in [0.15, 0.2) is 29.4 Å². The number of carbonyl (C=O) groups is 4. The van der Waals surface area contributed by atoms with Gasteiger partial charge in [0.1, 0.15) is 13.1 Å². The maximum atomic E-state index is 12.0. The van der Waals surface area contributed by atoms with Crippen molar-refractivity contribution in [3.05, 3.63) is 29.9 Å². The van der Waals surface area contributed by atoms with Crippen LogP contribution in [0.1, 0.15) is 4.79 Å². The van der Waals surface area contributed by atoms with Crippen LogP contribution in [0, 0.1) is 0 Å². The first kappa shape index (κ1) is 16.7. The Bertz CT molecular complexity index is 909.